The van der Waals surface area contributed by atoms with Crippen LogP contribution in [0.3, 0.4) is 0 Å². The van der Waals surface area contributed by atoms with Crippen LogP contribution in [0.4, 0.5) is 8.78 Å². The second kappa shape index (κ2) is 15.8. The molecule has 3 rings (SSSR count). The standard InChI is InChI=1S/C38H39F2N5/c1-10-29(23-31(11-2)43-27(8)30-19-15-14-16-20-30)25(6)36(40)35-34(12-3)44-45-38(35)28(9)42-26(7)24(5)37(41-13-4)32-21-17-18-22-33(32)39/h10-23,42-44H,2,4,6,8-9H2,1,3,5,7H3/b26-24+,29-10+,31-23+,34-12+,36-35-,41-37?. The highest BCUT2D eigenvalue weighted by Gasteiger charge is 2.17. The molecule has 230 valence electrons. The van der Waals surface area contributed by atoms with Crippen molar-refractivity contribution in [2.75, 3.05) is 0 Å². The number of hydrogen-bond donors (Lipinski definition) is 3. The molecule has 0 aliphatic heterocycles. The van der Waals surface area contributed by atoms with Gasteiger partial charge in [-0.2, -0.15) is 5.10 Å². The monoisotopic (exact) mass is 603 g/mol. The second-order valence-electron chi connectivity index (χ2n) is 9.95. The van der Waals surface area contributed by atoms with Crippen molar-refractivity contribution in [1.29, 1.82) is 0 Å². The van der Waals surface area contributed by atoms with Crippen LogP contribution >= 0.6 is 0 Å². The molecule has 0 unspecified atom stereocenters. The number of aliphatic imine (C=N–C) groups is 1. The molecule has 5 nitrogen and oxygen atoms in total. The fraction of sp³-hybridized carbons (Fsp3) is 0.105. The maximum Gasteiger partial charge on any atom is 0.142 e. The quantitative estimate of drug-likeness (QED) is 0.138. The number of aromatic amines is 1. The average Bonchev–Trinajstić information content (AvgIpc) is 3.49. The van der Waals surface area contributed by atoms with Gasteiger partial charge >= 0.3 is 0 Å². The predicted molar refractivity (Wildman–Crippen MR) is 186 cm³/mol. The summed E-state index contributed by atoms with van der Waals surface area (Å²) in [4.78, 5) is 4.32. The summed E-state index contributed by atoms with van der Waals surface area (Å²) in [5.74, 6) is -0.993. The van der Waals surface area contributed by atoms with E-state index < -0.39 is 11.6 Å². The van der Waals surface area contributed by atoms with E-state index in [4.69, 9.17) is 0 Å². The first-order chi connectivity index (χ1) is 21.6. The minimum Gasteiger partial charge on any atom is -0.358 e. The highest BCUT2D eigenvalue weighted by atomic mass is 19.1. The zero-order valence-corrected chi connectivity index (χ0v) is 26.3. The first-order valence-electron chi connectivity index (χ1n) is 14.3. The van der Waals surface area contributed by atoms with Gasteiger partial charge in [0.2, 0.25) is 0 Å². The molecule has 0 bridgehead atoms. The Kier molecular flexibility index (Phi) is 11.9. The van der Waals surface area contributed by atoms with Gasteiger partial charge < -0.3 is 10.6 Å². The van der Waals surface area contributed by atoms with Crippen molar-refractivity contribution in [2.45, 2.75) is 27.7 Å². The van der Waals surface area contributed by atoms with Gasteiger partial charge in [0, 0.05) is 34.4 Å². The fourth-order valence-corrected chi connectivity index (χ4v) is 4.50. The van der Waals surface area contributed by atoms with Gasteiger partial charge in [0.1, 0.15) is 17.3 Å². The molecule has 0 radical (unpaired) electrons. The predicted octanol–water partition coefficient (Wildman–Crippen LogP) is 7.75. The van der Waals surface area contributed by atoms with Crippen LogP contribution in [-0.2, 0) is 0 Å². The van der Waals surface area contributed by atoms with Crippen molar-refractivity contribution in [3.8, 4) is 0 Å². The van der Waals surface area contributed by atoms with Crippen molar-refractivity contribution < 1.29 is 8.78 Å². The number of halogens is 2. The van der Waals surface area contributed by atoms with E-state index in [0.717, 1.165) is 5.56 Å². The summed E-state index contributed by atoms with van der Waals surface area (Å²) in [7, 11) is 0. The molecule has 0 saturated heterocycles. The lowest BCUT2D eigenvalue weighted by Gasteiger charge is -2.15. The van der Waals surface area contributed by atoms with Crippen molar-refractivity contribution in [1.82, 2.24) is 20.8 Å². The third-order valence-corrected chi connectivity index (χ3v) is 7.07. The fourth-order valence-electron chi connectivity index (χ4n) is 4.50. The Morgan fingerprint density at radius 2 is 1.60 bits per heavy atom. The zero-order valence-electron chi connectivity index (χ0n) is 26.3. The van der Waals surface area contributed by atoms with Crippen LogP contribution in [-0.4, -0.2) is 15.9 Å². The van der Waals surface area contributed by atoms with Gasteiger partial charge in [-0.1, -0.05) is 87.5 Å². The summed E-state index contributed by atoms with van der Waals surface area (Å²) in [6, 6.07) is 16.0. The molecule has 3 N–H and O–H groups in total. The maximum atomic E-state index is 16.4. The number of H-pyrrole nitrogens is 1. The van der Waals surface area contributed by atoms with Crippen LogP contribution < -0.4 is 21.2 Å². The molecule has 0 fully saturated rings. The lowest BCUT2D eigenvalue weighted by molar-refractivity contribution is 0.625. The Morgan fingerprint density at radius 3 is 2.20 bits per heavy atom. The summed E-state index contributed by atoms with van der Waals surface area (Å²) < 4.78 is 31.0. The number of benzene rings is 2. The van der Waals surface area contributed by atoms with Crippen molar-refractivity contribution in [3.63, 3.8) is 0 Å². The van der Waals surface area contributed by atoms with Crippen LogP contribution in [0.15, 0.2) is 145 Å². The topological polar surface area (TPSA) is 65.1 Å². The van der Waals surface area contributed by atoms with E-state index in [0.29, 0.717) is 50.6 Å². The van der Waals surface area contributed by atoms with E-state index in [1.165, 1.54) is 12.3 Å². The van der Waals surface area contributed by atoms with Crippen LogP contribution in [0.1, 0.15) is 44.5 Å². The lowest BCUT2D eigenvalue weighted by atomic mass is 10.0. The number of aromatic nitrogens is 2. The van der Waals surface area contributed by atoms with Gasteiger partial charge in [0.15, 0.2) is 0 Å². The highest BCUT2D eigenvalue weighted by Crippen LogP contribution is 2.23. The van der Waals surface area contributed by atoms with Crippen LogP contribution in [0.25, 0.3) is 23.3 Å². The smallest absolute Gasteiger partial charge is 0.142 e. The Balaban J connectivity index is 2.00. The van der Waals surface area contributed by atoms with Crippen molar-refractivity contribution in [3.05, 3.63) is 173 Å². The molecule has 3 aromatic rings. The molecule has 0 atom stereocenters. The minimum absolute atomic E-state index is 0.144. The van der Waals surface area contributed by atoms with Crippen LogP contribution in [0.5, 0.6) is 0 Å². The second-order valence-corrected chi connectivity index (χ2v) is 9.95. The SMILES string of the molecule is C=CN=C(/C(C)=C(\C)NC(=C)c1n[nH]c(=C/C)/c1=C(/F)C(=C)C(/C=C(\C=C)NC(=C)c1ccccc1)=C/C)c1ccccc1F. The first kappa shape index (κ1) is 33.9. The normalized spacial score (nSPS) is 13.9. The van der Waals surface area contributed by atoms with Crippen LogP contribution in [0, 0.1) is 5.82 Å². The number of nitrogens with one attached hydrogen (secondary N) is 3. The summed E-state index contributed by atoms with van der Waals surface area (Å²) in [6.07, 6.45) is 8.23. The van der Waals surface area contributed by atoms with Gasteiger partial charge in [0.25, 0.3) is 0 Å². The Morgan fingerprint density at radius 1 is 0.933 bits per heavy atom. The minimum atomic E-state index is -0.580. The average molecular weight is 604 g/mol. The number of hydrogen-bond acceptors (Lipinski definition) is 4. The van der Waals surface area contributed by atoms with E-state index in [1.54, 1.807) is 70.2 Å². The molecule has 0 spiro atoms. The summed E-state index contributed by atoms with van der Waals surface area (Å²) >= 11 is 0. The molecule has 1 aromatic heterocycles. The van der Waals surface area contributed by atoms with Crippen molar-refractivity contribution >= 4 is 29.0 Å². The largest absolute Gasteiger partial charge is 0.358 e. The summed E-state index contributed by atoms with van der Waals surface area (Å²) in [5.41, 5.74) is 5.48. The molecule has 0 aliphatic carbocycles. The molecule has 0 saturated carbocycles. The zero-order chi connectivity index (χ0) is 33.1. The molecule has 45 heavy (non-hydrogen) atoms. The summed E-state index contributed by atoms with van der Waals surface area (Å²) in [5, 5.41) is 14.4. The molecular formula is C38H39F2N5. The van der Waals surface area contributed by atoms with E-state index >= 15 is 4.39 Å². The number of rotatable bonds is 13. The molecule has 0 aliphatic rings. The van der Waals surface area contributed by atoms with E-state index in [9.17, 15) is 4.39 Å². The molecular weight excluding hydrogens is 564 g/mol. The van der Waals surface area contributed by atoms with E-state index in [2.05, 4.69) is 58.7 Å². The van der Waals surface area contributed by atoms with E-state index in [1.807, 2.05) is 30.3 Å². The van der Waals surface area contributed by atoms with Crippen molar-refractivity contribution in [2.24, 2.45) is 4.99 Å². The van der Waals surface area contributed by atoms with Gasteiger partial charge in [0.05, 0.1) is 22.0 Å². The van der Waals surface area contributed by atoms with Gasteiger partial charge in [-0.25, -0.2) is 8.78 Å². The van der Waals surface area contributed by atoms with E-state index in [-0.39, 0.29) is 16.5 Å². The molecule has 1 heterocycles. The maximum absolute atomic E-state index is 16.4. The van der Waals surface area contributed by atoms with Crippen LogP contribution in [0.2, 0.25) is 0 Å². The third kappa shape index (κ3) is 8.09. The van der Waals surface area contributed by atoms with Gasteiger partial charge in [-0.05, 0) is 68.7 Å². The number of allylic oxidation sites excluding steroid dienone is 7. The lowest BCUT2D eigenvalue weighted by Crippen LogP contribution is -2.29. The molecule has 7 heteroatoms. The summed E-state index contributed by atoms with van der Waals surface area (Å²) in [6.45, 7) is 27.1. The Bertz CT molecular complexity index is 1880. The van der Waals surface area contributed by atoms with Gasteiger partial charge in [-0.3, -0.25) is 10.1 Å². The third-order valence-electron chi connectivity index (χ3n) is 7.07. The number of nitrogens with zero attached hydrogens (tertiary/aromatic N) is 2. The Labute approximate surface area is 264 Å². The Hall–Kier alpha value is -5.56. The molecule has 0 amide bonds. The van der Waals surface area contributed by atoms with Gasteiger partial charge in [-0.15, -0.1) is 0 Å². The molecule has 2 aromatic carbocycles. The highest BCUT2D eigenvalue weighted by molar-refractivity contribution is 6.13. The first-order valence-corrected chi connectivity index (χ1v) is 14.3.